The molecule has 2 rings (SSSR count). The lowest BCUT2D eigenvalue weighted by Gasteiger charge is -2.33. The predicted octanol–water partition coefficient (Wildman–Crippen LogP) is 1.20. The summed E-state index contributed by atoms with van der Waals surface area (Å²) in [5.74, 6) is 0.521. The van der Waals surface area contributed by atoms with Crippen molar-refractivity contribution in [3.63, 3.8) is 0 Å². The number of aryl methyl sites for hydroxylation is 1. The second kappa shape index (κ2) is 4.90. The molecule has 1 aromatic rings. The van der Waals surface area contributed by atoms with Crippen LogP contribution in [0.1, 0.15) is 18.1 Å². The van der Waals surface area contributed by atoms with Crippen molar-refractivity contribution in [2.75, 3.05) is 23.8 Å². The molecular formula is C13H20N2O2S. The summed E-state index contributed by atoms with van der Waals surface area (Å²) in [5.41, 5.74) is 8.90. The Morgan fingerprint density at radius 2 is 2.17 bits per heavy atom. The fourth-order valence-corrected chi connectivity index (χ4v) is 3.92. The summed E-state index contributed by atoms with van der Waals surface area (Å²) in [6.07, 6.45) is 0. The second-order valence-corrected chi connectivity index (χ2v) is 7.35. The normalized spacial score (nSPS) is 24.0. The van der Waals surface area contributed by atoms with E-state index in [9.17, 15) is 8.42 Å². The highest BCUT2D eigenvalue weighted by atomic mass is 32.2. The summed E-state index contributed by atoms with van der Waals surface area (Å²) < 4.78 is 23.0. The zero-order chi connectivity index (χ0) is 13.3. The maximum absolute atomic E-state index is 11.5. The van der Waals surface area contributed by atoms with E-state index < -0.39 is 9.84 Å². The van der Waals surface area contributed by atoms with Crippen LogP contribution in [0.3, 0.4) is 0 Å². The minimum Gasteiger partial charge on any atom is -0.399 e. The van der Waals surface area contributed by atoms with Crippen molar-refractivity contribution >= 4 is 15.5 Å². The monoisotopic (exact) mass is 268 g/mol. The van der Waals surface area contributed by atoms with Gasteiger partial charge in [-0.2, -0.15) is 0 Å². The van der Waals surface area contributed by atoms with Crippen LogP contribution in [0.2, 0.25) is 0 Å². The van der Waals surface area contributed by atoms with E-state index >= 15 is 0 Å². The molecule has 18 heavy (non-hydrogen) atoms. The molecule has 0 aromatic heterocycles. The lowest BCUT2D eigenvalue weighted by atomic mass is 10.1. The van der Waals surface area contributed by atoms with Gasteiger partial charge in [-0.05, 0) is 31.0 Å². The molecule has 1 aromatic carbocycles. The molecule has 2 N–H and O–H groups in total. The highest BCUT2D eigenvalue weighted by molar-refractivity contribution is 7.91. The fraction of sp³-hybridized carbons (Fsp3) is 0.538. The number of nitrogens with zero attached hydrogens (tertiary/aromatic N) is 1. The summed E-state index contributed by atoms with van der Waals surface area (Å²) in [4.78, 5) is 2.20. The Morgan fingerprint density at radius 3 is 2.78 bits per heavy atom. The summed E-state index contributed by atoms with van der Waals surface area (Å²) in [5, 5.41) is 0. The van der Waals surface area contributed by atoms with Gasteiger partial charge in [0.1, 0.15) is 0 Å². The maximum atomic E-state index is 11.5. The van der Waals surface area contributed by atoms with Gasteiger partial charge in [0.2, 0.25) is 0 Å². The van der Waals surface area contributed by atoms with E-state index in [4.69, 9.17) is 5.73 Å². The zero-order valence-electron chi connectivity index (χ0n) is 10.9. The molecule has 1 saturated heterocycles. The first-order valence-corrected chi connectivity index (χ1v) is 7.99. The molecule has 1 unspecified atom stereocenters. The molecule has 0 spiro atoms. The number of benzene rings is 1. The van der Waals surface area contributed by atoms with Crippen LogP contribution >= 0.6 is 0 Å². The average molecular weight is 268 g/mol. The van der Waals surface area contributed by atoms with Crippen LogP contribution in [0.25, 0.3) is 0 Å². The molecule has 0 aliphatic carbocycles. The van der Waals surface area contributed by atoms with Crippen molar-refractivity contribution in [2.24, 2.45) is 0 Å². The molecule has 5 heteroatoms. The third-order valence-corrected chi connectivity index (χ3v) is 5.33. The summed E-state index contributed by atoms with van der Waals surface area (Å²) in [6, 6.07) is 6.12. The Balaban J connectivity index is 2.08. The molecule has 0 saturated carbocycles. The smallest absolute Gasteiger partial charge is 0.153 e. The third-order valence-electron chi connectivity index (χ3n) is 3.54. The lowest BCUT2D eigenvalue weighted by Crippen LogP contribution is -2.46. The molecule has 100 valence electrons. The highest BCUT2D eigenvalue weighted by Gasteiger charge is 2.27. The Kier molecular flexibility index (Phi) is 3.64. The SMILES string of the molecule is Cc1ccc(CN2CCS(=O)(=O)CC2C)cc1N. The number of sulfone groups is 1. The van der Waals surface area contributed by atoms with Gasteiger partial charge < -0.3 is 5.73 Å². The Hall–Kier alpha value is -1.07. The second-order valence-electron chi connectivity index (χ2n) is 5.12. The van der Waals surface area contributed by atoms with Crippen molar-refractivity contribution in [3.8, 4) is 0 Å². The van der Waals surface area contributed by atoms with Crippen molar-refractivity contribution in [1.29, 1.82) is 0 Å². The molecule has 1 aliphatic heterocycles. The van der Waals surface area contributed by atoms with Crippen molar-refractivity contribution < 1.29 is 8.42 Å². The minimum absolute atomic E-state index is 0.0753. The number of nitrogens with two attached hydrogens (primary N) is 1. The third kappa shape index (κ3) is 3.03. The fourth-order valence-electron chi connectivity index (χ4n) is 2.29. The molecule has 4 nitrogen and oxygen atoms in total. The first kappa shape index (κ1) is 13.4. The van der Waals surface area contributed by atoms with Crippen LogP contribution in [-0.4, -0.2) is 37.4 Å². The van der Waals surface area contributed by atoms with Gasteiger partial charge in [-0.15, -0.1) is 0 Å². The highest BCUT2D eigenvalue weighted by Crippen LogP contribution is 2.18. The van der Waals surface area contributed by atoms with E-state index in [1.807, 2.05) is 26.0 Å². The molecule has 0 bridgehead atoms. The van der Waals surface area contributed by atoms with Gasteiger partial charge >= 0.3 is 0 Å². The Labute approximate surface area is 109 Å². The van der Waals surface area contributed by atoms with E-state index in [2.05, 4.69) is 11.0 Å². The average Bonchev–Trinajstić information content (AvgIpc) is 2.27. The van der Waals surface area contributed by atoms with Crippen molar-refractivity contribution in [1.82, 2.24) is 4.90 Å². The largest absolute Gasteiger partial charge is 0.399 e. The van der Waals surface area contributed by atoms with Gasteiger partial charge in [-0.25, -0.2) is 8.42 Å². The minimum atomic E-state index is -2.84. The summed E-state index contributed by atoms with van der Waals surface area (Å²) in [6.45, 7) is 5.32. The Morgan fingerprint density at radius 1 is 1.44 bits per heavy atom. The van der Waals surface area contributed by atoms with Gasteiger partial charge in [0.15, 0.2) is 9.84 Å². The molecular weight excluding hydrogens is 248 g/mol. The van der Waals surface area contributed by atoms with Crippen molar-refractivity contribution in [3.05, 3.63) is 29.3 Å². The molecule has 0 radical (unpaired) electrons. The van der Waals surface area contributed by atoms with Crippen molar-refractivity contribution in [2.45, 2.75) is 26.4 Å². The Bertz CT molecular complexity index is 540. The molecule has 1 aliphatic rings. The van der Waals surface area contributed by atoms with Gasteiger partial charge in [0.05, 0.1) is 11.5 Å². The first-order valence-electron chi connectivity index (χ1n) is 6.17. The molecule has 1 heterocycles. The van der Waals surface area contributed by atoms with Crippen LogP contribution in [-0.2, 0) is 16.4 Å². The standard InChI is InChI=1S/C13H20N2O2S/c1-10-3-4-12(7-13(10)14)8-15-5-6-18(16,17)9-11(15)2/h3-4,7,11H,5-6,8-9,14H2,1-2H3. The predicted molar refractivity (Wildman–Crippen MR) is 74.1 cm³/mol. The van der Waals surface area contributed by atoms with E-state index in [-0.39, 0.29) is 17.5 Å². The molecule has 1 fully saturated rings. The van der Waals surface area contributed by atoms with Gasteiger partial charge in [-0.1, -0.05) is 12.1 Å². The van der Waals surface area contributed by atoms with Crippen LogP contribution in [0, 0.1) is 6.92 Å². The number of nitrogen functional groups attached to an aromatic ring is 1. The number of hydrogen-bond donors (Lipinski definition) is 1. The van der Waals surface area contributed by atoms with Gasteiger partial charge in [-0.3, -0.25) is 4.90 Å². The van der Waals surface area contributed by atoms with E-state index in [1.165, 1.54) is 0 Å². The van der Waals surface area contributed by atoms with Crippen LogP contribution in [0.5, 0.6) is 0 Å². The van der Waals surface area contributed by atoms with E-state index in [1.54, 1.807) is 0 Å². The van der Waals surface area contributed by atoms with E-state index in [0.29, 0.717) is 6.54 Å². The van der Waals surface area contributed by atoms with Crippen LogP contribution < -0.4 is 5.73 Å². The number of hydrogen-bond acceptors (Lipinski definition) is 4. The summed E-state index contributed by atoms with van der Waals surface area (Å²) >= 11 is 0. The van der Waals surface area contributed by atoms with Gasteiger partial charge in [0.25, 0.3) is 0 Å². The summed E-state index contributed by atoms with van der Waals surface area (Å²) in [7, 11) is -2.84. The van der Waals surface area contributed by atoms with Gasteiger partial charge in [0, 0.05) is 24.8 Å². The topological polar surface area (TPSA) is 63.4 Å². The molecule has 1 atom stereocenters. The lowest BCUT2D eigenvalue weighted by molar-refractivity contribution is 0.218. The number of rotatable bonds is 2. The van der Waals surface area contributed by atoms with Crippen LogP contribution in [0.4, 0.5) is 5.69 Å². The first-order chi connectivity index (χ1) is 8.37. The maximum Gasteiger partial charge on any atom is 0.153 e. The molecule has 0 amide bonds. The zero-order valence-corrected chi connectivity index (χ0v) is 11.7. The quantitative estimate of drug-likeness (QED) is 0.819. The van der Waals surface area contributed by atoms with Crippen LogP contribution in [0.15, 0.2) is 18.2 Å². The van der Waals surface area contributed by atoms with E-state index in [0.717, 1.165) is 23.4 Å². The number of anilines is 1.